The molecule has 146 valence electrons. The Balaban J connectivity index is 1.51. The maximum Gasteiger partial charge on any atom is 0.219 e. The van der Waals surface area contributed by atoms with E-state index in [1.165, 1.54) is 6.20 Å². The normalized spacial score (nSPS) is 11.0. The number of rotatable bonds is 4. The average Bonchev–Trinajstić information content (AvgIpc) is 3.30. The number of nitrogens with one attached hydrogen (secondary N) is 2. The van der Waals surface area contributed by atoms with Crippen LogP contribution in [0.3, 0.4) is 0 Å². The van der Waals surface area contributed by atoms with Gasteiger partial charge in [0.05, 0.1) is 27.0 Å². The van der Waals surface area contributed by atoms with E-state index < -0.39 is 0 Å². The van der Waals surface area contributed by atoms with Gasteiger partial charge in [-0.2, -0.15) is 10.4 Å². The van der Waals surface area contributed by atoms with Gasteiger partial charge in [-0.1, -0.05) is 11.6 Å². The molecule has 0 bridgehead atoms. The Bertz CT molecular complexity index is 1430. The third-order valence-electron chi connectivity index (χ3n) is 4.67. The van der Waals surface area contributed by atoms with Crippen molar-refractivity contribution in [3.63, 3.8) is 0 Å². The van der Waals surface area contributed by atoms with Gasteiger partial charge in [-0.15, -0.1) is 0 Å². The van der Waals surface area contributed by atoms with Crippen LogP contribution in [0.25, 0.3) is 21.9 Å². The van der Waals surface area contributed by atoms with Gasteiger partial charge in [-0.25, -0.2) is 4.98 Å². The minimum atomic E-state index is 0.383. The molecule has 0 spiro atoms. The van der Waals surface area contributed by atoms with E-state index in [2.05, 4.69) is 25.5 Å². The number of fused-ring (bicyclic) bond motifs is 2. The van der Waals surface area contributed by atoms with Gasteiger partial charge in [0.25, 0.3) is 0 Å². The van der Waals surface area contributed by atoms with Gasteiger partial charge >= 0.3 is 0 Å². The van der Waals surface area contributed by atoms with E-state index in [4.69, 9.17) is 21.6 Å². The topological polar surface area (TPSA) is 104 Å². The number of benzene rings is 1. The number of nitrogens with zero attached hydrogens (tertiary/aromatic N) is 5. The molecule has 0 unspecified atom stereocenters. The average molecular weight is 416 g/mol. The third kappa shape index (κ3) is 3.07. The Kier molecular flexibility index (Phi) is 4.23. The van der Waals surface area contributed by atoms with Crippen molar-refractivity contribution >= 4 is 45.0 Å². The molecule has 5 aromatic rings. The number of ether oxygens (including phenoxy) is 1. The number of pyridine rings is 2. The minimum absolute atomic E-state index is 0.383. The number of aromatic nitrogens is 5. The smallest absolute Gasteiger partial charge is 0.219 e. The van der Waals surface area contributed by atoms with Gasteiger partial charge in [0.2, 0.25) is 5.88 Å². The summed E-state index contributed by atoms with van der Waals surface area (Å²) in [4.78, 5) is 8.52. The standard InChI is InChI=1S/C21H14ClN7O/c1-29-11-17(30-18-5-4-12(9-23)10-25-18)19-14(22)7-13(8-16(19)29)26-21-20-15(27-28-21)3-2-6-24-20/h2-8,10-11H,1H3,(H2,26,27,28). The first kappa shape index (κ1) is 18.0. The molecule has 4 heterocycles. The fourth-order valence-electron chi connectivity index (χ4n) is 3.27. The van der Waals surface area contributed by atoms with Crippen LogP contribution < -0.4 is 10.1 Å². The zero-order chi connectivity index (χ0) is 20.7. The molecule has 0 aliphatic carbocycles. The van der Waals surface area contributed by atoms with Crippen molar-refractivity contribution < 1.29 is 4.74 Å². The lowest BCUT2D eigenvalue weighted by atomic mass is 10.2. The molecule has 30 heavy (non-hydrogen) atoms. The van der Waals surface area contributed by atoms with Crippen molar-refractivity contribution in [2.75, 3.05) is 5.32 Å². The second kappa shape index (κ2) is 7.06. The largest absolute Gasteiger partial charge is 0.437 e. The lowest BCUT2D eigenvalue weighted by Crippen LogP contribution is -1.93. The summed E-state index contributed by atoms with van der Waals surface area (Å²) in [6, 6.07) is 12.9. The highest BCUT2D eigenvalue weighted by Gasteiger charge is 2.16. The highest BCUT2D eigenvalue weighted by atomic mass is 35.5. The number of halogens is 1. The molecule has 0 fully saturated rings. The highest BCUT2D eigenvalue weighted by molar-refractivity contribution is 6.36. The monoisotopic (exact) mass is 415 g/mol. The lowest BCUT2D eigenvalue weighted by Gasteiger charge is -2.07. The summed E-state index contributed by atoms with van der Waals surface area (Å²) in [5.41, 5.74) is 3.71. The third-order valence-corrected chi connectivity index (χ3v) is 4.97. The van der Waals surface area contributed by atoms with E-state index in [0.29, 0.717) is 28.0 Å². The first-order valence-corrected chi connectivity index (χ1v) is 9.39. The van der Waals surface area contributed by atoms with Crippen LogP contribution in [0.4, 0.5) is 11.5 Å². The summed E-state index contributed by atoms with van der Waals surface area (Å²) in [5.74, 6) is 1.58. The zero-order valence-electron chi connectivity index (χ0n) is 15.7. The van der Waals surface area contributed by atoms with Crippen LogP contribution in [-0.4, -0.2) is 24.7 Å². The fraction of sp³-hybridized carbons (Fsp3) is 0.0476. The second-order valence-corrected chi connectivity index (χ2v) is 7.06. The molecule has 1 aromatic carbocycles. The highest BCUT2D eigenvalue weighted by Crippen LogP contribution is 2.38. The van der Waals surface area contributed by atoms with E-state index >= 15 is 0 Å². The van der Waals surface area contributed by atoms with Crippen LogP contribution in [0.5, 0.6) is 11.6 Å². The van der Waals surface area contributed by atoms with E-state index in [1.807, 2.05) is 48.1 Å². The summed E-state index contributed by atoms with van der Waals surface area (Å²) in [6.07, 6.45) is 5.02. The van der Waals surface area contributed by atoms with Gasteiger partial charge in [-0.3, -0.25) is 10.1 Å². The van der Waals surface area contributed by atoms with Crippen LogP contribution in [0.15, 0.2) is 55.0 Å². The van der Waals surface area contributed by atoms with E-state index in [1.54, 1.807) is 18.3 Å². The Morgan fingerprint density at radius 1 is 1.23 bits per heavy atom. The number of hydrogen-bond acceptors (Lipinski definition) is 6. The molecule has 0 aliphatic heterocycles. The number of aromatic amines is 1. The van der Waals surface area contributed by atoms with Crippen molar-refractivity contribution in [2.45, 2.75) is 0 Å². The van der Waals surface area contributed by atoms with Gasteiger partial charge in [0, 0.05) is 37.4 Å². The molecule has 5 rings (SSSR count). The van der Waals surface area contributed by atoms with Crippen LogP contribution in [0.2, 0.25) is 5.02 Å². The van der Waals surface area contributed by atoms with Crippen LogP contribution in [-0.2, 0) is 7.05 Å². The Morgan fingerprint density at radius 3 is 2.93 bits per heavy atom. The van der Waals surface area contributed by atoms with Crippen LogP contribution in [0.1, 0.15) is 5.56 Å². The van der Waals surface area contributed by atoms with Crippen molar-refractivity contribution in [3.8, 4) is 17.7 Å². The van der Waals surface area contributed by atoms with Gasteiger partial charge in [0.15, 0.2) is 11.6 Å². The van der Waals surface area contributed by atoms with Gasteiger partial charge < -0.3 is 14.6 Å². The van der Waals surface area contributed by atoms with E-state index in [-0.39, 0.29) is 0 Å². The molecule has 0 amide bonds. The first-order chi connectivity index (χ1) is 14.6. The molecule has 9 heteroatoms. The minimum Gasteiger partial charge on any atom is -0.437 e. The molecule has 0 saturated heterocycles. The molecule has 2 N–H and O–H groups in total. The molecule has 8 nitrogen and oxygen atoms in total. The number of aryl methyl sites for hydroxylation is 1. The fourth-order valence-corrected chi connectivity index (χ4v) is 3.58. The molecule has 0 atom stereocenters. The predicted molar refractivity (Wildman–Crippen MR) is 114 cm³/mol. The van der Waals surface area contributed by atoms with E-state index in [9.17, 15) is 0 Å². The van der Waals surface area contributed by atoms with Crippen molar-refractivity contribution in [1.29, 1.82) is 5.26 Å². The second-order valence-electron chi connectivity index (χ2n) is 6.65. The molecule has 0 saturated carbocycles. The van der Waals surface area contributed by atoms with Crippen LogP contribution >= 0.6 is 11.6 Å². The summed E-state index contributed by atoms with van der Waals surface area (Å²) < 4.78 is 7.85. The summed E-state index contributed by atoms with van der Waals surface area (Å²) in [6.45, 7) is 0. The van der Waals surface area contributed by atoms with Gasteiger partial charge in [-0.05, 0) is 30.3 Å². The van der Waals surface area contributed by atoms with Gasteiger partial charge in [0.1, 0.15) is 11.6 Å². The number of H-pyrrole nitrogens is 1. The van der Waals surface area contributed by atoms with Crippen molar-refractivity contribution in [2.24, 2.45) is 7.05 Å². The maximum atomic E-state index is 8.91. The Hall–Kier alpha value is -4.09. The number of anilines is 2. The number of hydrogen-bond donors (Lipinski definition) is 2. The predicted octanol–water partition coefficient (Wildman–Crippen LogP) is 4.91. The quantitative estimate of drug-likeness (QED) is 0.432. The first-order valence-electron chi connectivity index (χ1n) is 9.01. The Morgan fingerprint density at radius 2 is 2.13 bits per heavy atom. The SMILES string of the molecule is Cn1cc(Oc2ccc(C#N)cn2)c2c(Cl)cc(Nc3n[nH]c4cccnc34)cc21. The summed E-state index contributed by atoms with van der Waals surface area (Å²) in [5, 5.41) is 20.7. The van der Waals surface area contributed by atoms with E-state index in [0.717, 1.165) is 27.6 Å². The Labute approximate surface area is 175 Å². The lowest BCUT2D eigenvalue weighted by molar-refractivity contribution is 0.466. The molecule has 0 radical (unpaired) electrons. The zero-order valence-corrected chi connectivity index (χ0v) is 16.5. The molecular weight excluding hydrogens is 402 g/mol. The molecule has 4 aromatic heterocycles. The number of nitriles is 1. The van der Waals surface area contributed by atoms with Crippen molar-refractivity contribution in [3.05, 3.63) is 65.6 Å². The summed E-state index contributed by atoms with van der Waals surface area (Å²) >= 11 is 6.61. The van der Waals surface area contributed by atoms with Crippen molar-refractivity contribution in [1.82, 2.24) is 24.7 Å². The molecular formula is C21H14ClN7O. The van der Waals surface area contributed by atoms with Crippen LogP contribution in [0, 0.1) is 11.3 Å². The molecule has 0 aliphatic rings. The maximum absolute atomic E-state index is 8.91. The summed E-state index contributed by atoms with van der Waals surface area (Å²) in [7, 11) is 1.91.